The number of alkyl halides is 2. The molecule has 98 valence electrons. The van der Waals surface area contributed by atoms with E-state index in [2.05, 4.69) is 10.1 Å². The lowest BCUT2D eigenvalue weighted by molar-refractivity contribution is -0.142. The van der Waals surface area contributed by atoms with Gasteiger partial charge in [0.15, 0.2) is 0 Å². The maximum absolute atomic E-state index is 13.0. The second kappa shape index (κ2) is 4.86. The number of carbonyl (C=O) groups is 1. The van der Waals surface area contributed by atoms with Crippen molar-refractivity contribution in [3.8, 4) is 0 Å². The van der Waals surface area contributed by atoms with Crippen LogP contribution in [0.1, 0.15) is 19.3 Å². The van der Waals surface area contributed by atoms with Crippen LogP contribution < -0.4 is 5.32 Å². The van der Waals surface area contributed by atoms with Gasteiger partial charge in [-0.3, -0.25) is 9.69 Å². The molecule has 2 aliphatic rings. The summed E-state index contributed by atoms with van der Waals surface area (Å²) < 4.78 is 30.7. The minimum absolute atomic E-state index is 0.0770. The molecule has 17 heavy (non-hydrogen) atoms. The Morgan fingerprint density at radius 1 is 1.41 bits per heavy atom. The highest BCUT2D eigenvalue weighted by atomic mass is 19.3. The monoisotopic (exact) mass is 248 g/mol. The van der Waals surface area contributed by atoms with E-state index in [1.807, 2.05) is 4.90 Å². The molecule has 0 radical (unpaired) electrons. The number of likely N-dealkylation sites (tertiary alicyclic amines) is 1. The van der Waals surface area contributed by atoms with E-state index in [9.17, 15) is 13.6 Å². The molecule has 4 nitrogen and oxygen atoms in total. The summed E-state index contributed by atoms with van der Waals surface area (Å²) in [4.78, 5) is 13.4. The summed E-state index contributed by atoms with van der Waals surface area (Å²) in [5.74, 6) is -2.78. The Kier molecular flexibility index (Phi) is 3.63. The normalized spacial score (nSPS) is 33.6. The number of piperidine rings is 1. The Bertz CT molecular complexity index is 289. The number of esters is 1. The summed E-state index contributed by atoms with van der Waals surface area (Å²) in [6, 6.07) is -0.109. The molecule has 1 N–H and O–H groups in total. The predicted molar refractivity (Wildman–Crippen MR) is 58.0 cm³/mol. The van der Waals surface area contributed by atoms with Crippen LogP contribution in [0.4, 0.5) is 8.78 Å². The smallest absolute Gasteiger partial charge is 0.322 e. The Labute approximate surface area is 99.3 Å². The number of hydrogen-bond acceptors (Lipinski definition) is 4. The van der Waals surface area contributed by atoms with E-state index < -0.39 is 5.92 Å². The van der Waals surface area contributed by atoms with E-state index >= 15 is 0 Å². The van der Waals surface area contributed by atoms with Crippen molar-refractivity contribution in [1.82, 2.24) is 10.2 Å². The van der Waals surface area contributed by atoms with Gasteiger partial charge < -0.3 is 10.1 Å². The zero-order valence-electron chi connectivity index (χ0n) is 9.92. The van der Waals surface area contributed by atoms with Crippen molar-refractivity contribution < 1.29 is 18.3 Å². The SMILES string of the molecule is COC(=O)[C@@H]1C[C@@H](N2CCC(F)(F)CC2)CN1. The van der Waals surface area contributed by atoms with Crippen LogP contribution in [-0.4, -0.2) is 55.6 Å². The minimum Gasteiger partial charge on any atom is -0.468 e. The molecular weight excluding hydrogens is 230 g/mol. The average molecular weight is 248 g/mol. The van der Waals surface area contributed by atoms with Gasteiger partial charge in [0.25, 0.3) is 5.92 Å². The maximum atomic E-state index is 13.0. The van der Waals surface area contributed by atoms with Crippen molar-refractivity contribution >= 4 is 5.97 Å². The van der Waals surface area contributed by atoms with Gasteiger partial charge in [-0.25, -0.2) is 8.78 Å². The third-order valence-electron chi connectivity index (χ3n) is 3.64. The van der Waals surface area contributed by atoms with Crippen LogP contribution in [0.25, 0.3) is 0 Å². The van der Waals surface area contributed by atoms with E-state index in [4.69, 9.17) is 0 Å². The fraction of sp³-hybridized carbons (Fsp3) is 0.909. The molecule has 0 unspecified atom stereocenters. The Balaban J connectivity index is 1.83. The summed E-state index contributed by atoms with van der Waals surface area (Å²) in [5, 5.41) is 3.07. The molecule has 0 aromatic heterocycles. The molecule has 0 aromatic rings. The van der Waals surface area contributed by atoms with E-state index in [1.54, 1.807) is 0 Å². The number of nitrogens with zero attached hydrogens (tertiary/aromatic N) is 1. The summed E-state index contributed by atoms with van der Waals surface area (Å²) in [5.41, 5.74) is 0. The zero-order valence-corrected chi connectivity index (χ0v) is 9.92. The van der Waals surface area contributed by atoms with Crippen LogP contribution in [-0.2, 0) is 9.53 Å². The van der Waals surface area contributed by atoms with Gasteiger partial charge in [-0.15, -0.1) is 0 Å². The molecule has 2 fully saturated rings. The van der Waals surface area contributed by atoms with Gasteiger partial charge in [0, 0.05) is 38.5 Å². The lowest BCUT2D eigenvalue weighted by Crippen LogP contribution is -2.45. The standard InChI is InChI=1S/C11H18F2N2O2/c1-17-10(16)9-6-8(7-14-9)15-4-2-11(12,13)3-5-15/h8-9,14H,2-7H2,1H3/t8-,9+/m1/s1. The molecule has 0 bridgehead atoms. The Hall–Kier alpha value is -0.750. The first-order chi connectivity index (χ1) is 8.02. The molecule has 0 aromatic carbocycles. The van der Waals surface area contributed by atoms with Crippen LogP contribution in [0, 0.1) is 0 Å². The minimum atomic E-state index is -2.51. The van der Waals surface area contributed by atoms with Crippen molar-refractivity contribution in [2.45, 2.75) is 37.3 Å². The second-order valence-corrected chi connectivity index (χ2v) is 4.77. The number of methoxy groups -OCH3 is 1. The van der Waals surface area contributed by atoms with Crippen LogP contribution >= 0.6 is 0 Å². The van der Waals surface area contributed by atoms with Gasteiger partial charge in [-0.1, -0.05) is 0 Å². The molecular formula is C11H18F2N2O2. The first-order valence-corrected chi connectivity index (χ1v) is 5.95. The van der Waals surface area contributed by atoms with Gasteiger partial charge in [-0.05, 0) is 6.42 Å². The van der Waals surface area contributed by atoms with Crippen LogP contribution in [0.5, 0.6) is 0 Å². The lowest BCUT2D eigenvalue weighted by Gasteiger charge is -2.35. The van der Waals surface area contributed by atoms with Crippen molar-refractivity contribution in [3.05, 3.63) is 0 Å². The summed E-state index contributed by atoms with van der Waals surface area (Å²) >= 11 is 0. The zero-order chi connectivity index (χ0) is 12.5. The lowest BCUT2D eigenvalue weighted by atomic mass is 10.0. The molecule has 2 aliphatic heterocycles. The predicted octanol–water partition coefficient (Wildman–Crippen LogP) is 0.621. The van der Waals surface area contributed by atoms with Crippen LogP contribution in [0.3, 0.4) is 0 Å². The highest BCUT2D eigenvalue weighted by Crippen LogP contribution is 2.30. The molecule has 2 rings (SSSR count). The van der Waals surface area contributed by atoms with Crippen molar-refractivity contribution in [2.24, 2.45) is 0 Å². The van der Waals surface area contributed by atoms with E-state index in [-0.39, 0.29) is 30.9 Å². The molecule has 2 saturated heterocycles. The molecule has 0 saturated carbocycles. The second-order valence-electron chi connectivity index (χ2n) is 4.77. The highest BCUT2D eigenvalue weighted by Gasteiger charge is 2.39. The molecule has 2 heterocycles. The molecule has 0 aliphatic carbocycles. The number of carbonyl (C=O) groups excluding carboxylic acids is 1. The van der Waals surface area contributed by atoms with E-state index in [0.717, 1.165) is 0 Å². The fourth-order valence-corrected chi connectivity index (χ4v) is 2.53. The van der Waals surface area contributed by atoms with Crippen molar-refractivity contribution in [3.63, 3.8) is 0 Å². The first kappa shape index (κ1) is 12.7. The Morgan fingerprint density at radius 2 is 2.06 bits per heavy atom. The maximum Gasteiger partial charge on any atom is 0.322 e. The number of hydrogen-bond donors (Lipinski definition) is 1. The molecule has 2 atom stereocenters. The first-order valence-electron chi connectivity index (χ1n) is 5.95. The van der Waals surface area contributed by atoms with Gasteiger partial charge in [0.1, 0.15) is 6.04 Å². The van der Waals surface area contributed by atoms with E-state index in [1.165, 1.54) is 7.11 Å². The third kappa shape index (κ3) is 2.93. The van der Waals surface area contributed by atoms with Gasteiger partial charge >= 0.3 is 5.97 Å². The topological polar surface area (TPSA) is 41.6 Å². The number of halogens is 2. The van der Waals surface area contributed by atoms with Gasteiger partial charge in [0.2, 0.25) is 0 Å². The average Bonchev–Trinajstić information content (AvgIpc) is 2.77. The fourth-order valence-electron chi connectivity index (χ4n) is 2.53. The Morgan fingerprint density at radius 3 is 2.65 bits per heavy atom. The quantitative estimate of drug-likeness (QED) is 0.727. The number of rotatable bonds is 2. The van der Waals surface area contributed by atoms with Crippen LogP contribution in [0.15, 0.2) is 0 Å². The number of ether oxygens (including phenoxy) is 1. The summed E-state index contributed by atoms with van der Waals surface area (Å²) in [6.45, 7) is 1.49. The van der Waals surface area contributed by atoms with Crippen molar-refractivity contribution in [2.75, 3.05) is 26.7 Å². The van der Waals surface area contributed by atoms with E-state index in [0.29, 0.717) is 26.1 Å². The molecule has 6 heteroatoms. The van der Waals surface area contributed by atoms with Crippen molar-refractivity contribution in [1.29, 1.82) is 0 Å². The van der Waals surface area contributed by atoms with Gasteiger partial charge in [-0.2, -0.15) is 0 Å². The van der Waals surface area contributed by atoms with Crippen LogP contribution in [0.2, 0.25) is 0 Å². The number of nitrogens with one attached hydrogen (secondary N) is 1. The van der Waals surface area contributed by atoms with Gasteiger partial charge in [0.05, 0.1) is 7.11 Å². The summed E-state index contributed by atoms with van der Waals surface area (Å²) in [7, 11) is 1.36. The summed E-state index contributed by atoms with van der Waals surface area (Å²) in [6.07, 6.45) is 0.497. The largest absolute Gasteiger partial charge is 0.468 e. The molecule has 0 amide bonds. The highest BCUT2D eigenvalue weighted by molar-refractivity contribution is 5.76. The third-order valence-corrected chi connectivity index (χ3v) is 3.64. The molecule has 0 spiro atoms.